The fourth-order valence-corrected chi connectivity index (χ4v) is 1.40. The van der Waals surface area contributed by atoms with E-state index in [0.29, 0.717) is 5.56 Å². The molecule has 0 fully saturated rings. The van der Waals surface area contributed by atoms with E-state index in [1.807, 2.05) is 19.1 Å². The average molecular weight is 228 g/mol. The summed E-state index contributed by atoms with van der Waals surface area (Å²) < 4.78 is 0.865. The molecule has 0 spiro atoms. The minimum atomic E-state index is -0.0643. The van der Waals surface area contributed by atoms with Crippen LogP contribution in [0.4, 0.5) is 0 Å². The second-order valence-electron chi connectivity index (χ2n) is 2.52. The third-order valence-corrected chi connectivity index (χ3v) is 2.72. The Morgan fingerprint density at radius 1 is 1.50 bits per heavy atom. The van der Waals surface area contributed by atoms with Gasteiger partial charge in [0.1, 0.15) is 0 Å². The van der Waals surface area contributed by atoms with Crippen LogP contribution in [-0.4, -0.2) is 13.0 Å². The Morgan fingerprint density at radius 3 is 2.75 bits per heavy atom. The monoisotopic (exact) mass is 227 g/mol. The van der Waals surface area contributed by atoms with Crippen molar-refractivity contribution in [2.45, 2.75) is 6.92 Å². The molecule has 0 heterocycles. The topological polar surface area (TPSA) is 29.1 Å². The van der Waals surface area contributed by atoms with Crippen LogP contribution in [-0.2, 0) is 0 Å². The molecule has 0 aliphatic carbocycles. The van der Waals surface area contributed by atoms with Crippen LogP contribution in [0.15, 0.2) is 22.7 Å². The molecule has 0 aliphatic heterocycles. The van der Waals surface area contributed by atoms with Gasteiger partial charge >= 0.3 is 0 Å². The minimum Gasteiger partial charge on any atom is -0.355 e. The molecule has 0 saturated carbocycles. The summed E-state index contributed by atoms with van der Waals surface area (Å²) in [5, 5.41) is 2.58. The number of hydrogen-bond acceptors (Lipinski definition) is 1. The molecule has 12 heavy (non-hydrogen) atoms. The highest BCUT2D eigenvalue weighted by Gasteiger charge is 2.08. The number of hydrogen-bond donors (Lipinski definition) is 1. The van der Waals surface area contributed by atoms with Crippen molar-refractivity contribution < 1.29 is 4.79 Å². The summed E-state index contributed by atoms with van der Waals surface area (Å²) in [6.45, 7) is 1.95. The number of halogens is 1. The van der Waals surface area contributed by atoms with Crippen molar-refractivity contribution in [2.75, 3.05) is 7.05 Å². The second kappa shape index (κ2) is 3.72. The molecule has 3 heteroatoms. The van der Waals surface area contributed by atoms with E-state index in [1.165, 1.54) is 0 Å². The zero-order valence-corrected chi connectivity index (χ0v) is 8.60. The predicted octanol–water partition coefficient (Wildman–Crippen LogP) is 2.12. The quantitative estimate of drug-likeness (QED) is 0.783. The Hall–Kier alpha value is -0.830. The zero-order valence-electron chi connectivity index (χ0n) is 7.02. The molecule has 1 N–H and O–H groups in total. The Morgan fingerprint density at radius 2 is 2.17 bits per heavy atom. The van der Waals surface area contributed by atoms with Crippen molar-refractivity contribution in [3.63, 3.8) is 0 Å². The lowest BCUT2D eigenvalue weighted by atomic mass is 10.1. The lowest BCUT2D eigenvalue weighted by Gasteiger charge is -2.04. The Bertz CT molecular complexity index is 309. The maximum absolute atomic E-state index is 11.2. The summed E-state index contributed by atoms with van der Waals surface area (Å²) in [6, 6.07) is 5.61. The van der Waals surface area contributed by atoms with Gasteiger partial charge in [0.25, 0.3) is 5.91 Å². The smallest absolute Gasteiger partial charge is 0.252 e. The minimum absolute atomic E-state index is 0.0643. The van der Waals surface area contributed by atoms with Gasteiger partial charge in [-0.1, -0.05) is 12.1 Å². The summed E-state index contributed by atoms with van der Waals surface area (Å²) in [4.78, 5) is 11.2. The SMILES string of the molecule is CNC(=O)c1cccc(C)c1Br. The highest BCUT2D eigenvalue weighted by molar-refractivity contribution is 9.10. The van der Waals surface area contributed by atoms with E-state index in [-0.39, 0.29) is 5.91 Å². The first-order valence-corrected chi connectivity index (χ1v) is 4.43. The highest BCUT2D eigenvalue weighted by Crippen LogP contribution is 2.20. The summed E-state index contributed by atoms with van der Waals surface area (Å²) >= 11 is 3.36. The predicted molar refractivity (Wildman–Crippen MR) is 52.3 cm³/mol. The zero-order chi connectivity index (χ0) is 9.14. The molecule has 1 amide bonds. The number of carbonyl (C=O) groups excluding carboxylic acids is 1. The van der Waals surface area contributed by atoms with E-state index in [0.717, 1.165) is 10.0 Å². The lowest BCUT2D eigenvalue weighted by molar-refractivity contribution is 0.0962. The number of benzene rings is 1. The van der Waals surface area contributed by atoms with E-state index >= 15 is 0 Å². The van der Waals surface area contributed by atoms with Gasteiger partial charge in [-0.2, -0.15) is 0 Å². The molecular weight excluding hydrogens is 218 g/mol. The maximum Gasteiger partial charge on any atom is 0.252 e. The first kappa shape index (κ1) is 9.26. The van der Waals surface area contributed by atoms with Crippen molar-refractivity contribution in [1.29, 1.82) is 0 Å². The van der Waals surface area contributed by atoms with E-state index in [4.69, 9.17) is 0 Å². The van der Waals surface area contributed by atoms with Crippen molar-refractivity contribution in [2.24, 2.45) is 0 Å². The Balaban J connectivity index is 3.16. The van der Waals surface area contributed by atoms with Gasteiger partial charge < -0.3 is 5.32 Å². The van der Waals surface area contributed by atoms with E-state index < -0.39 is 0 Å². The number of nitrogens with one attached hydrogen (secondary N) is 1. The normalized spacial score (nSPS) is 9.58. The number of amides is 1. The van der Waals surface area contributed by atoms with E-state index in [1.54, 1.807) is 13.1 Å². The van der Waals surface area contributed by atoms with Crippen LogP contribution in [0.2, 0.25) is 0 Å². The summed E-state index contributed by atoms with van der Waals surface area (Å²) in [5.74, 6) is -0.0643. The van der Waals surface area contributed by atoms with Crippen molar-refractivity contribution in [1.82, 2.24) is 5.32 Å². The van der Waals surface area contributed by atoms with Crippen LogP contribution in [0.1, 0.15) is 15.9 Å². The molecule has 0 radical (unpaired) electrons. The van der Waals surface area contributed by atoms with Gasteiger partial charge in [0, 0.05) is 11.5 Å². The van der Waals surface area contributed by atoms with Crippen LogP contribution in [0.25, 0.3) is 0 Å². The van der Waals surface area contributed by atoms with Crippen LogP contribution in [0.5, 0.6) is 0 Å². The molecule has 0 saturated heterocycles. The fourth-order valence-electron chi connectivity index (χ4n) is 0.957. The third-order valence-electron chi connectivity index (χ3n) is 1.66. The lowest BCUT2D eigenvalue weighted by Crippen LogP contribution is -2.18. The van der Waals surface area contributed by atoms with E-state index in [9.17, 15) is 4.79 Å². The van der Waals surface area contributed by atoms with Gasteiger partial charge in [-0.15, -0.1) is 0 Å². The molecule has 64 valence electrons. The van der Waals surface area contributed by atoms with Crippen LogP contribution >= 0.6 is 15.9 Å². The standard InChI is InChI=1S/C9H10BrNO/c1-6-4-3-5-7(8(6)10)9(12)11-2/h3-5H,1-2H3,(H,11,12). The first-order valence-electron chi connectivity index (χ1n) is 3.64. The van der Waals surface area contributed by atoms with Gasteiger partial charge in [-0.25, -0.2) is 0 Å². The summed E-state index contributed by atoms with van der Waals surface area (Å²) in [7, 11) is 1.62. The van der Waals surface area contributed by atoms with Crippen molar-refractivity contribution >= 4 is 21.8 Å². The number of aryl methyl sites for hydroxylation is 1. The summed E-state index contributed by atoms with van der Waals surface area (Å²) in [6.07, 6.45) is 0. The fraction of sp³-hybridized carbons (Fsp3) is 0.222. The molecule has 0 bridgehead atoms. The first-order chi connectivity index (χ1) is 5.66. The molecule has 0 atom stereocenters. The van der Waals surface area contributed by atoms with Gasteiger partial charge in [-0.3, -0.25) is 4.79 Å². The molecule has 1 aromatic rings. The Labute approximate surface area is 80.1 Å². The molecule has 1 rings (SSSR count). The molecule has 2 nitrogen and oxygen atoms in total. The largest absolute Gasteiger partial charge is 0.355 e. The van der Waals surface area contributed by atoms with Crippen LogP contribution < -0.4 is 5.32 Å². The summed E-state index contributed by atoms with van der Waals surface area (Å²) in [5.41, 5.74) is 1.74. The van der Waals surface area contributed by atoms with E-state index in [2.05, 4.69) is 21.2 Å². The molecular formula is C9H10BrNO. The maximum atomic E-state index is 11.2. The van der Waals surface area contributed by atoms with Crippen LogP contribution in [0.3, 0.4) is 0 Å². The van der Waals surface area contributed by atoms with Gasteiger partial charge in [0.2, 0.25) is 0 Å². The van der Waals surface area contributed by atoms with Gasteiger partial charge in [0.05, 0.1) is 5.56 Å². The van der Waals surface area contributed by atoms with Crippen molar-refractivity contribution in [3.8, 4) is 0 Å². The Kier molecular flexibility index (Phi) is 2.87. The van der Waals surface area contributed by atoms with Crippen molar-refractivity contribution in [3.05, 3.63) is 33.8 Å². The average Bonchev–Trinajstić information content (AvgIpc) is 2.08. The van der Waals surface area contributed by atoms with Gasteiger partial charge in [0.15, 0.2) is 0 Å². The highest BCUT2D eigenvalue weighted by atomic mass is 79.9. The second-order valence-corrected chi connectivity index (χ2v) is 3.31. The van der Waals surface area contributed by atoms with Crippen LogP contribution in [0, 0.1) is 6.92 Å². The number of rotatable bonds is 1. The molecule has 0 unspecified atom stereocenters. The molecule has 0 aliphatic rings. The molecule has 0 aromatic heterocycles. The number of carbonyl (C=O) groups is 1. The molecule has 1 aromatic carbocycles. The van der Waals surface area contributed by atoms with Gasteiger partial charge in [-0.05, 0) is 34.5 Å². The third kappa shape index (κ3) is 1.67.